The Balaban J connectivity index is 1.53. The molecule has 1 atom stereocenters. The zero-order valence-corrected chi connectivity index (χ0v) is 17.8. The highest BCUT2D eigenvalue weighted by atomic mass is 16.5. The first-order valence-electron chi connectivity index (χ1n) is 10.2. The minimum Gasteiger partial charge on any atom is -0.489 e. The van der Waals surface area contributed by atoms with Crippen molar-refractivity contribution in [1.82, 2.24) is 5.32 Å². The minimum atomic E-state index is -0.0370. The quantitative estimate of drug-likeness (QED) is 0.611. The molecule has 3 aromatic carbocycles. The van der Waals surface area contributed by atoms with Crippen LogP contribution >= 0.6 is 0 Å². The van der Waals surface area contributed by atoms with Gasteiger partial charge in [0.1, 0.15) is 11.5 Å². The van der Waals surface area contributed by atoms with E-state index in [0.29, 0.717) is 24.7 Å². The number of rotatable bonds is 4. The van der Waals surface area contributed by atoms with Crippen LogP contribution in [0.2, 0.25) is 0 Å². The standard InChI is InChI=1S/C25H27NO4/c1-16(26-17(2)27)18-5-6-20-12-21(8-7-19(20)11-18)30-22-9-10-23-24(13-22)29-15-25(3,4)14-28-23/h5-13,16H,14-15H2,1-4H3,(H,26,27). The van der Waals surface area contributed by atoms with Gasteiger partial charge in [-0.1, -0.05) is 32.0 Å². The van der Waals surface area contributed by atoms with Crippen molar-refractivity contribution in [3.05, 3.63) is 60.2 Å². The molecule has 0 saturated heterocycles. The van der Waals surface area contributed by atoms with Gasteiger partial charge in [-0.15, -0.1) is 0 Å². The number of hydrogen-bond acceptors (Lipinski definition) is 4. The summed E-state index contributed by atoms with van der Waals surface area (Å²) in [5, 5.41) is 5.08. The molecular weight excluding hydrogens is 378 g/mol. The van der Waals surface area contributed by atoms with Crippen molar-refractivity contribution in [3.8, 4) is 23.0 Å². The molecule has 1 aliphatic rings. The van der Waals surface area contributed by atoms with E-state index >= 15 is 0 Å². The maximum Gasteiger partial charge on any atom is 0.217 e. The molecule has 0 aromatic heterocycles. The molecule has 0 spiro atoms. The number of nitrogens with one attached hydrogen (secondary N) is 1. The molecule has 4 rings (SSSR count). The van der Waals surface area contributed by atoms with Crippen LogP contribution in [-0.2, 0) is 4.79 Å². The SMILES string of the molecule is CC(=O)NC(C)c1ccc2cc(Oc3ccc4c(c3)OCC(C)(C)CO4)ccc2c1. The Kier molecular flexibility index (Phi) is 5.29. The van der Waals surface area contributed by atoms with Gasteiger partial charge in [-0.05, 0) is 53.6 Å². The topological polar surface area (TPSA) is 56.8 Å². The predicted molar refractivity (Wildman–Crippen MR) is 117 cm³/mol. The molecule has 0 bridgehead atoms. The van der Waals surface area contributed by atoms with Crippen molar-refractivity contribution in [3.63, 3.8) is 0 Å². The summed E-state index contributed by atoms with van der Waals surface area (Å²) in [5.41, 5.74) is 1.03. The molecule has 30 heavy (non-hydrogen) atoms. The summed E-state index contributed by atoms with van der Waals surface area (Å²) in [7, 11) is 0. The van der Waals surface area contributed by atoms with Gasteiger partial charge in [0.05, 0.1) is 19.3 Å². The van der Waals surface area contributed by atoms with Crippen LogP contribution < -0.4 is 19.5 Å². The van der Waals surface area contributed by atoms with E-state index in [4.69, 9.17) is 14.2 Å². The van der Waals surface area contributed by atoms with Gasteiger partial charge in [-0.2, -0.15) is 0 Å². The van der Waals surface area contributed by atoms with Crippen LogP contribution in [0.15, 0.2) is 54.6 Å². The largest absolute Gasteiger partial charge is 0.489 e. The first-order valence-corrected chi connectivity index (χ1v) is 10.2. The number of benzene rings is 3. The highest BCUT2D eigenvalue weighted by molar-refractivity contribution is 5.85. The molecule has 1 aliphatic heterocycles. The van der Waals surface area contributed by atoms with Crippen LogP contribution in [0.1, 0.15) is 39.3 Å². The van der Waals surface area contributed by atoms with E-state index in [9.17, 15) is 4.79 Å². The van der Waals surface area contributed by atoms with Crippen LogP contribution in [0.25, 0.3) is 10.8 Å². The van der Waals surface area contributed by atoms with Gasteiger partial charge < -0.3 is 19.5 Å². The Morgan fingerprint density at radius 1 is 0.933 bits per heavy atom. The molecule has 0 aliphatic carbocycles. The van der Waals surface area contributed by atoms with Gasteiger partial charge in [0.2, 0.25) is 5.91 Å². The second-order valence-electron chi connectivity index (χ2n) is 8.64. The average molecular weight is 405 g/mol. The normalized spacial score (nSPS) is 15.9. The molecule has 156 valence electrons. The molecule has 5 nitrogen and oxygen atoms in total. The van der Waals surface area contributed by atoms with Crippen molar-refractivity contribution in [1.29, 1.82) is 0 Å². The monoisotopic (exact) mass is 405 g/mol. The number of amides is 1. The second kappa shape index (κ2) is 7.90. The summed E-state index contributed by atoms with van der Waals surface area (Å²) in [6, 6.07) is 17.8. The fourth-order valence-electron chi connectivity index (χ4n) is 3.47. The lowest BCUT2D eigenvalue weighted by Gasteiger charge is -2.19. The van der Waals surface area contributed by atoms with E-state index in [1.165, 1.54) is 6.92 Å². The lowest BCUT2D eigenvalue weighted by molar-refractivity contribution is -0.119. The number of carbonyl (C=O) groups excluding carboxylic acids is 1. The molecule has 3 aromatic rings. The zero-order valence-electron chi connectivity index (χ0n) is 17.8. The Labute approximate surface area is 177 Å². The number of ether oxygens (including phenoxy) is 3. The highest BCUT2D eigenvalue weighted by Crippen LogP contribution is 2.38. The maximum atomic E-state index is 11.3. The second-order valence-corrected chi connectivity index (χ2v) is 8.64. The Bertz CT molecular complexity index is 1090. The van der Waals surface area contributed by atoms with Crippen molar-refractivity contribution in [2.75, 3.05) is 13.2 Å². The zero-order chi connectivity index (χ0) is 21.3. The summed E-state index contributed by atoms with van der Waals surface area (Å²) in [6.45, 7) is 8.96. The number of carbonyl (C=O) groups is 1. The van der Waals surface area contributed by atoms with Crippen molar-refractivity contribution in [2.24, 2.45) is 5.41 Å². The van der Waals surface area contributed by atoms with Crippen molar-refractivity contribution < 1.29 is 19.0 Å². The van der Waals surface area contributed by atoms with E-state index < -0.39 is 0 Å². The molecule has 1 heterocycles. The Hall–Kier alpha value is -3.21. The van der Waals surface area contributed by atoms with Crippen LogP contribution in [0.5, 0.6) is 23.0 Å². The van der Waals surface area contributed by atoms with Gasteiger partial charge in [-0.25, -0.2) is 0 Å². The lowest BCUT2D eigenvalue weighted by atomic mass is 9.97. The first kappa shape index (κ1) is 20.1. The molecule has 1 N–H and O–H groups in total. The molecule has 0 fully saturated rings. The van der Waals surface area contributed by atoms with E-state index in [-0.39, 0.29) is 17.4 Å². The number of hydrogen-bond donors (Lipinski definition) is 1. The van der Waals surface area contributed by atoms with Crippen LogP contribution in [0, 0.1) is 5.41 Å². The molecule has 0 radical (unpaired) electrons. The Morgan fingerprint density at radius 2 is 1.57 bits per heavy atom. The molecule has 1 unspecified atom stereocenters. The molecule has 5 heteroatoms. The van der Waals surface area contributed by atoms with E-state index in [2.05, 4.69) is 25.2 Å². The molecular formula is C25H27NO4. The lowest BCUT2D eigenvalue weighted by Crippen LogP contribution is -2.26. The highest BCUT2D eigenvalue weighted by Gasteiger charge is 2.25. The fourth-order valence-corrected chi connectivity index (χ4v) is 3.47. The summed E-state index contributed by atoms with van der Waals surface area (Å²) in [4.78, 5) is 11.3. The Morgan fingerprint density at radius 3 is 2.33 bits per heavy atom. The van der Waals surface area contributed by atoms with E-state index in [0.717, 1.165) is 27.8 Å². The molecule has 1 amide bonds. The van der Waals surface area contributed by atoms with Crippen LogP contribution in [0.3, 0.4) is 0 Å². The summed E-state index contributed by atoms with van der Waals surface area (Å²) in [5.74, 6) is 2.86. The van der Waals surface area contributed by atoms with E-state index in [1.807, 2.05) is 55.5 Å². The van der Waals surface area contributed by atoms with E-state index in [1.54, 1.807) is 0 Å². The molecule has 0 saturated carbocycles. The van der Waals surface area contributed by atoms with Crippen molar-refractivity contribution >= 4 is 16.7 Å². The minimum absolute atomic E-state index is 0.0328. The average Bonchev–Trinajstić information content (AvgIpc) is 2.85. The van der Waals surface area contributed by atoms with Crippen LogP contribution in [-0.4, -0.2) is 19.1 Å². The van der Waals surface area contributed by atoms with Gasteiger partial charge in [-0.3, -0.25) is 4.79 Å². The summed E-state index contributed by atoms with van der Waals surface area (Å²) in [6.07, 6.45) is 0. The van der Waals surface area contributed by atoms with Gasteiger partial charge in [0.25, 0.3) is 0 Å². The van der Waals surface area contributed by atoms with Crippen LogP contribution in [0.4, 0.5) is 0 Å². The van der Waals surface area contributed by atoms with Gasteiger partial charge >= 0.3 is 0 Å². The van der Waals surface area contributed by atoms with Crippen molar-refractivity contribution in [2.45, 2.75) is 33.7 Å². The third-order valence-corrected chi connectivity index (χ3v) is 5.14. The van der Waals surface area contributed by atoms with Gasteiger partial charge in [0.15, 0.2) is 11.5 Å². The third kappa shape index (κ3) is 4.51. The summed E-state index contributed by atoms with van der Waals surface area (Å²) >= 11 is 0. The fraction of sp³-hybridized carbons (Fsp3) is 0.320. The smallest absolute Gasteiger partial charge is 0.217 e. The predicted octanol–water partition coefficient (Wildman–Crippen LogP) is 5.63. The van der Waals surface area contributed by atoms with Gasteiger partial charge in [0, 0.05) is 18.4 Å². The number of fused-ring (bicyclic) bond motifs is 2. The maximum absolute atomic E-state index is 11.3. The first-order chi connectivity index (χ1) is 14.3. The summed E-state index contributed by atoms with van der Waals surface area (Å²) < 4.78 is 17.9. The third-order valence-electron chi connectivity index (χ3n) is 5.14.